The van der Waals surface area contributed by atoms with E-state index < -0.39 is 18.3 Å². The van der Waals surface area contributed by atoms with Crippen molar-refractivity contribution in [2.45, 2.75) is 57.8 Å². The van der Waals surface area contributed by atoms with Gasteiger partial charge in [0.25, 0.3) is 0 Å². The van der Waals surface area contributed by atoms with Gasteiger partial charge in [0, 0.05) is 17.7 Å². The summed E-state index contributed by atoms with van der Waals surface area (Å²) in [6.07, 6.45) is 4.00. The molecule has 110 valence electrons. The highest BCUT2D eigenvalue weighted by Crippen LogP contribution is 2.36. The van der Waals surface area contributed by atoms with Crippen LogP contribution in [0, 0.1) is 11.3 Å². The Bertz CT molecular complexity index is 589. The summed E-state index contributed by atoms with van der Waals surface area (Å²) in [6, 6.07) is 3.85. The van der Waals surface area contributed by atoms with E-state index in [2.05, 4.69) is 11.1 Å². The molecule has 0 radical (unpaired) electrons. The summed E-state index contributed by atoms with van der Waals surface area (Å²) in [5.74, 6) is 0.495. The lowest BCUT2D eigenvalue weighted by atomic mass is 9.77. The van der Waals surface area contributed by atoms with Crippen molar-refractivity contribution in [1.29, 1.82) is 5.26 Å². The van der Waals surface area contributed by atoms with E-state index in [1.54, 1.807) is 12.3 Å². The van der Waals surface area contributed by atoms with Crippen LogP contribution in [0.5, 0.6) is 5.88 Å². The van der Waals surface area contributed by atoms with Crippen molar-refractivity contribution in [2.24, 2.45) is 0 Å². The lowest BCUT2D eigenvalue weighted by molar-refractivity contribution is 0.00578. The topological polar surface area (TPSA) is 64.4 Å². The number of pyridine rings is 1. The average Bonchev–Trinajstić information content (AvgIpc) is 3.17. The molecule has 6 heteroatoms. The van der Waals surface area contributed by atoms with Crippen molar-refractivity contribution in [3.63, 3.8) is 0 Å². The summed E-state index contributed by atoms with van der Waals surface area (Å²) in [7, 11) is -0.577. The summed E-state index contributed by atoms with van der Waals surface area (Å²) in [5.41, 5.74) is 0.264. The van der Waals surface area contributed by atoms with Crippen LogP contribution in [-0.4, -0.2) is 29.4 Å². The lowest BCUT2D eigenvalue weighted by Gasteiger charge is -2.32. The molecule has 2 fully saturated rings. The molecule has 0 amide bonds. The van der Waals surface area contributed by atoms with E-state index in [4.69, 9.17) is 14.0 Å². The maximum Gasteiger partial charge on any atom is 0.497 e. The molecule has 2 aliphatic rings. The summed E-state index contributed by atoms with van der Waals surface area (Å²) in [4.78, 5) is 4.27. The van der Waals surface area contributed by atoms with Gasteiger partial charge in [-0.3, -0.25) is 0 Å². The van der Waals surface area contributed by atoms with Crippen molar-refractivity contribution in [2.75, 3.05) is 0 Å². The van der Waals surface area contributed by atoms with Crippen LogP contribution in [0.25, 0.3) is 0 Å². The first kappa shape index (κ1) is 14.4. The number of aromatic nitrogens is 1. The monoisotopic (exact) mass is 286 g/mol. The summed E-state index contributed by atoms with van der Waals surface area (Å²) in [5, 5.41) is 9.37. The Morgan fingerprint density at radius 3 is 2.43 bits per heavy atom. The Kier molecular flexibility index (Phi) is 3.23. The minimum atomic E-state index is -0.577. The predicted molar refractivity (Wildman–Crippen MR) is 78.3 cm³/mol. The fourth-order valence-corrected chi connectivity index (χ4v) is 2.12. The van der Waals surface area contributed by atoms with Gasteiger partial charge in [-0.2, -0.15) is 5.26 Å². The predicted octanol–water partition coefficient (Wildman–Crippen LogP) is 1.79. The molecular weight excluding hydrogens is 267 g/mol. The average molecular weight is 286 g/mol. The molecule has 0 unspecified atom stereocenters. The van der Waals surface area contributed by atoms with Crippen LogP contribution in [0.4, 0.5) is 0 Å². The number of ether oxygens (including phenoxy) is 1. The standard InChI is InChI=1S/C15H19BN2O3/c1-14(2)15(3,4)21-16(20-14)12-9-18-13(7-10(12)8-17)19-11-5-6-11/h7,9,11H,5-6H2,1-4H3. The van der Waals surface area contributed by atoms with Crippen molar-refractivity contribution in [1.82, 2.24) is 4.98 Å². The molecule has 1 aliphatic carbocycles. The summed E-state index contributed by atoms with van der Waals surface area (Å²) >= 11 is 0. The van der Waals surface area contributed by atoms with Crippen LogP contribution in [0.15, 0.2) is 12.3 Å². The smallest absolute Gasteiger partial charge is 0.474 e. The SMILES string of the molecule is CC1(C)OB(c2cnc(OC3CC3)cc2C#N)OC1(C)C. The maximum absolute atomic E-state index is 9.37. The van der Waals surface area contributed by atoms with Gasteiger partial charge in [0.15, 0.2) is 0 Å². The van der Waals surface area contributed by atoms with Gasteiger partial charge in [0.2, 0.25) is 5.88 Å². The highest BCUT2D eigenvalue weighted by atomic mass is 16.7. The summed E-state index contributed by atoms with van der Waals surface area (Å²) in [6.45, 7) is 7.93. The molecule has 0 atom stereocenters. The molecule has 0 bridgehead atoms. The number of nitriles is 1. The van der Waals surface area contributed by atoms with E-state index in [9.17, 15) is 5.26 Å². The molecule has 0 spiro atoms. The number of nitrogens with zero attached hydrogens (tertiary/aromatic N) is 2. The van der Waals surface area contributed by atoms with E-state index in [1.807, 2.05) is 27.7 Å². The van der Waals surface area contributed by atoms with Crippen LogP contribution in [0.1, 0.15) is 46.1 Å². The molecular formula is C15H19BN2O3. The minimum Gasteiger partial charge on any atom is -0.474 e. The van der Waals surface area contributed by atoms with Crippen LogP contribution in [0.3, 0.4) is 0 Å². The molecule has 2 heterocycles. The van der Waals surface area contributed by atoms with Gasteiger partial charge in [-0.1, -0.05) is 0 Å². The fraction of sp³-hybridized carbons (Fsp3) is 0.600. The zero-order chi connectivity index (χ0) is 15.3. The van der Waals surface area contributed by atoms with Gasteiger partial charge in [-0.15, -0.1) is 0 Å². The Morgan fingerprint density at radius 2 is 1.90 bits per heavy atom. The Labute approximate surface area is 125 Å². The first-order valence-corrected chi connectivity index (χ1v) is 7.25. The number of hydrogen-bond donors (Lipinski definition) is 0. The third-order valence-electron chi connectivity index (χ3n) is 4.35. The summed E-state index contributed by atoms with van der Waals surface area (Å²) < 4.78 is 17.6. The van der Waals surface area contributed by atoms with Gasteiger partial charge < -0.3 is 14.0 Å². The van der Waals surface area contributed by atoms with Crippen molar-refractivity contribution in [3.8, 4) is 11.9 Å². The molecule has 5 nitrogen and oxygen atoms in total. The zero-order valence-electron chi connectivity index (χ0n) is 12.8. The molecule has 1 aliphatic heterocycles. The van der Waals surface area contributed by atoms with Crippen molar-refractivity contribution >= 4 is 12.6 Å². The number of hydrogen-bond acceptors (Lipinski definition) is 5. The molecule has 1 aromatic rings. The van der Waals surface area contributed by atoms with Crippen molar-refractivity contribution < 1.29 is 14.0 Å². The fourth-order valence-electron chi connectivity index (χ4n) is 2.12. The van der Waals surface area contributed by atoms with E-state index in [0.29, 0.717) is 16.9 Å². The zero-order valence-corrected chi connectivity index (χ0v) is 12.8. The van der Waals surface area contributed by atoms with Crippen LogP contribution in [-0.2, 0) is 9.31 Å². The third kappa shape index (κ3) is 2.64. The quantitative estimate of drug-likeness (QED) is 0.793. The molecule has 1 aromatic heterocycles. The largest absolute Gasteiger partial charge is 0.497 e. The van der Waals surface area contributed by atoms with E-state index in [-0.39, 0.29) is 6.10 Å². The highest BCUT2D eigenvalue weighted by molar-refractivity contribution is 6.62. The Hall–Kier alpha value is -1.58. The molecule has 1 saturated carbocycles. The second-order valence-electron chi connectivity index (χ2n) is 6.63. The van der Waals surface area contributed by atoms with E-state index in [1.165, 1.54) is 0 Å². The van der Waals surface area contributed by atoms with Gasteiger partial charge >= 0.3 is 7.12 Å². The van der Waals surface area contributed by atoms with E-state index in [0.717, 1.165) is 12.8 Å². The third-order valence-corrected chi connectivity index (χ3v) is 4.35. The first-order valence-electron chi connectivity index (χ1n) is 7.25. The van der Waals surface area contributed by atoms with Gasteiger partial charge in [-0.25, -0.2) is 4.98 Å². The number of rotatable bonds is 3. The lowest BCUT2D eigenvalue weighted by Crippen LogP contribution is -2.41. The molecule has 0 N–H and O–H groups in total. The Morgan fingerprint density at radius 1 is 1.29 bits per heavy atom. The van der Waals surface area contributed by atoms with Crippen molar-refractivity contribution in [3.05, 3.63) is 17.8 Å². The first-order chi connectivity index (χ1) is 9.82. The second kappa shape index (κ2) is 4.72. The second-order valence-corrected chi connectivity index (χ2v) is 6.63. The molecule has 21 heavy (non-hydrogen) atoms. The maximum atomic E-state index is 9.37. The van der Waals surface area contributed by atoms with Crippen LogP contribution >= 0.6 is 0 Å². The van der Waals surface area contributed by atoms with Crippen LogP contribution < -0.4 is 10.2 Å². The Balaban J connectivity index is 1.87. The normalized spacial score (nSPS) is 22.9. The van der Waals surface area contributed by atoms with Gasteiger partial charge in [0.1, 0.15) is 6.10 Å². The molecule has 1 saturated heterocycles. The minimum absolute atomic E-state index is 0.256. The molecule has 3 rings (SSSR count). The van der Waals surface area contributed by atoms with Gasteiger partial charge in [-0.05, 0) is 40.5 Å². The molecule has 0 aromatic carbocycles. The van der Waals surface area contributed by atoms with E-state index >= 15 is 0 Å². The van der Waals surface area contributed by atoms with Gasteiger partial charge in [0.05, 0.1) is 22.8 Å². The highest BCUT2D eigenvalue weighted by Gasteiger charge is 2.52. The van der Waals surface area contributed by atoms with Crippen LogP contribution in [0.2, 0.25) is 0 Å².